The number of hydrogen-bond donors (Lipinski definition) is 1. The minimum atomic E-state index is 0.506. The summed E-state index contributed by atoms with van der Waals surface area (Å²) in [5.74, 6) is 1.20. The number of H-pyrrole nitrogens is 1. The van der Waals surface area contributed by atoms with Gasteiger partial charge in [0.1, 0.15) is 0 Å². The molecule has 0 atom stereocenters. The summed E-state index contributed by atoms with van der Waals surface area (Å²) in [5, 5.41) is 1.01. The smallest absolute Gasteiger partial charge is 0.214 e. The van der Waals surface area contributed by atoms with Crippen molar-refractivity contribution in [1.29, 1.82) is 0 Å². The maximum atomic E-state index is 6.84. The van der Waals surface area contributed by atoms with Crippen LogP contribution in [-0.2, 0) is 0 Å². The molecule has 1 N–H and O–H groups in total. The summed E-state index contributed by atoms with van der Waals surface area (Å²) in [4.78, 5) is 14.2. The standard InChI is InChI=1S/C36H24Cl2N4/c37-28-22-13-23-29(38)30(28)35-39-33(26-18-9-3-10-19-26)34(27-20-11-4-12-21-27)42(35)36-40-31(24-14-5-1-6-15-24)32(41-36)25-16-7-2-8-17-25/h1-23H,(H,40,41). The molecular formula is C36H24Cl2N4. The molecule has 2 aromatic heterocycles. The molecule has 202 valence electrons. The van der Waals surface area contributed by atoms with Crippen molar-refractivity contribution in [2.24, 2.45) is 0 Å². The monoisotopic (exact) mass is 582 g/mol. The van der Waals surface area contributed by atoms with Gasteiger partial charge in [-0.15, -0.1) is 0 Å². The molecule has 0 aliphatic heterocycles. The molecule has 2 heterocycles. The van der Waals surface area contributed by atoms with Gasteiger partial charge in [-0.05, 0) is 12.1 Å². The first-order chi connectivity index (χ1) is 20.7. The minimum absolute atomic E-state index is 0.506. The zero-order valence-corrected chi connectivity index (χ0v) is 23.9. The van der Waals surface area contributed by atoms with E-state index in [9.17, 15) is 0 Å². The number of aromatic amines is 1. The van der Waals surface area contributed by atoms with Gasteiger partial charge in [-0.1, -0.05) is 151 Å². The van der Waals surface area contributed by atoms with Gasteiger partial charge in [0, 0.05) is 22.3 Å². The van der Waals surface area contributed by atoms with Crippen LogP contribution in [0.15, 0.2) is 140 Å². The van der Waals surface area contributed by atoms with Gasteiger partial charge in [-0.25, -0.2) is 9.97 Å². The van der Waals surface area contributed by atoms with Gasteiger partial charge in [0.25, 0.3) is 0 Å². The van der Waals surface area contributed by atoms with E-state index < -0.39 is 0 Å². The third-order valence-electron chi connectivity index (χ3n) is 7.17. The summed E-state index contributed by atoms with van der Waals surface area (Å²) in [6.07, 6.45) is 0. The van der Waals surface area contributed by atoms with E-state index in [2.05, 4.69) is 53.5 Å². The van der Waals surface area contributed by atoms with Crippen molar-refractivity contribution in [1.82, 2.24) is 19.5 Å². The number of hydrogen-bond acceptors (Lipinski definition) is 2. The molecule has 0 unspecified atom stereocenters. The summed E-state index contributed by atoms with van der Waals surface area (Å²) in [6.45, 7) is 0. The summed E-state index contributed by atoms with van der Waals surface area (Å²) in [6, 6.07) is 46.3. The zero-order valence-electron chi connectivity index (χ0n) is 22.4. The second kappa shape index (κ2) is 11.2. The van der Waals surface area contributed by atoms with Gasteiger partial charge in [0.05, 0.1) is 38.4 Å². The summed E-state index contributed by atoms with van der Waals surface area (Å²) >= 11 is 13.7. The average Bonchev–Trinajstić information content (AvgIpc) is 3.66. The molecule has 6 heteroatoms. The van der Waals surface area contributed by atoms with Crippen LogP contribution in [0, 0.1) is 0 Å². The Bertz CT molecular complexity index is 1900. The molecule has 0 bridgehead atoms. The van der Waals surface area contributed by atoms with Gasteiger partial charge in [-0.2, -0.15) is 0 Å². The lowest BCUT2D eigenvalue weighted by Gasteiger charge is -2.12. The third kappa shape index (κ3) is 4.71. The Labute approximate surface area is 253 Å². The molecule has 0 aliphatic carbocycles. The van der Waals surface area contributed by atoms with Crippen LogP contribution in [0.1, 0.15) is 0 Å². The van der Waals surface area contributed by atoms with E-state index >= 15 is 0 Å². The normalized spacial score (nSPS) is 11.1. The fourth-order valence-corrected chi connectivity index (χ4v) is 5.82. The van der Waals surface area contributed by atoms with E-state index in [1.807, 2.05) is 95.6 Å². The Kier molecular flexibility index (Phi) is 6.92. The molecular weight excluding hydrogens is 559 g/mol. The molecule has 0 aliphatic rings. The molecule has 5 aromatic carbocycles. The second-order valence-corrected chi connectivity index (χ2v) is 10.6. The van der Waals surface area contributed by atoms with E-state index in [1.54, 1.807) is 0 Å². The number of benzene rings is 5. The van der Waals surface area contributed by atoms with Crippen molar-refractivity contribution >= 4 is 23.2 Å². The van der Waals surface area contributed by atoms with Crippen molar-refractivity contribution in [2.75, 3.05) is 0 Å². The first-order valence-corrected chi connectivity index (χ1v) is 14.3. The fourth-order valence-electron chi connectivity index (χ4n) is 5.25. The molecule has 42 heavy (non-hydrogen) atoms. The number of imidazole rings is 2. The third-order valence-corrected chi connectivity index (χ3v) is 7.80. The Morgan fingerprint density at radius 3 is 1.50 bits per heavy atom. The van der Waals surface area contributed by atoms with E-state index in [0.29, 0.717) is 27.4 Å². The molecule has 4 nitrogen and oxygen atoms in total. The summed E-state index contributed by atoms with van der Waals surface area (Å²) in [7, 11) is 0. The van der Waals surface area contributed by atoms with Crippen LogP contribution >= 0.6 is 23.2 Å². The van der Waals surface area contributed by atoms with Crippen LogP contribution < -0.4 is 0 Å². The number of rotatable bonds is 6. The highest BCUT2D eigenvalue weighted by Gasteiger charge is 2.27. The first kappa shape index (κ1) is 26.0. The Morgan fingerprint density at radius 2 is 0.952 bits per heavy atom. The fraction of sp³-hybridized carbons (Fsp3) is 0. The van der Waals surface area contributed by atoms with E-state index in [-0.39, 0.29) is 0 Å². The zero-order chi connectivity index (χ0) is 28.5. The molecule has 0 amide bonds. The molecule has 7 aromatic rings. The highest BCUT2D eigenvalue weighted by molar-refractivity contribution is 6.39. The largest absolute Gasteiger partial charge is 0.323 e. The molecule has 0 saturated carbocycles. The Morgan fingerprint density at radius 1 is 0.476 bits per heavy atom. The van der Waals surface area contributed by atoms with Crippen LogP contribution in [0.3, 0.4) is 0 Å². The van der Waals surface area contributed by atoms with Crippen molar-refractivity contribution in [2.45, 2.75) is 0 Å². The van der Waals surface area contributed by atoms with Crippen LogP contribution in [0.25, 0.3) is 62.4 Å². The number of nitrogens with zero attached hydrogens (tertiary/aromatic N) is 3. The van der Waals surface area contributed by atoms with Crippen LogP contribution in [-0.4, -0.2) is 19.5 Å². The van der Waals surface area contributed by atoms with Gasteiger partial charge in [0.15, 0.2) is 5.82 Å². The lowest BCUT2D eigenvalue weighted by Crippen LogP contribution is -2.03. The second-order valence-electron chi connectivity index (χ2n) is 9.81. The van der Waals surface area contributed by atoms with Crippen LogP contribution in [0.5, 0.6) is 0 Å². The van der Waals surface area contributed by atoms with Crippen molar-refractivity contribution in [3.05, 3.63) is 150 Å². The maximum absolute atomic E-state index is 6.84. The van der Waals surface area contributed by atoms with Crippen LogP contribution in [0.4, 0.5) is 0 Å². The maximum Gasteiger partial charge on any atom is 0.214 e. The first-order valence-electron chi connectivity index (χ1n) is 13.6. The molecule has 7 rings (SSSR count). The van der Waals surface area contributed by atoms with Gasteiger partial charge < -0.3 is 4.98 Å². The van der Waals surface area contributed by atoms with Gasteiger partial charge in [0.2, 0.25) is 5.95 Å². The quantitative estimate of drug-likeness (QED) is 0.212. The topological polar surface area (TPSA) is 46.5 Å². The Hall–Kier alpha value is -4.90. The molecule has 0 saturated heterocycles. The van der Waals surface area contributed by atoms with Crippen molar-refractivity contribution in [3.63, 3.8) is 0 Å². The number of nitrogens with one attached hydrogen (secondary N) is 1. The number of aromatic nitrogens is 4. The predicted molar refractivity (Wildman–Crippen MR) is 173 cm³/mol. The SMILES string of the molecule is Clc1cccc(Cl)c1-c1nc(-c2ccccc2)c(-c2ccccc2)n1-c1nc(-c2ccccc2)c(-c2ccccc2)[nH]1. The van der Waals surface area contributed by atoms with Gasteiger partial charge >= 0.3 is 0 Å². The molecule has 0 radical (unpaired) electrons. The lowest BCUT2D eigenvalue weighted by molar-refractivity contribution is 0.977. The molecule has 0 spiro atoms. The minimum Gasteiger partial charge on any atom is -0.323 e. The van der Waals surface area contributed by atoms with Crippen molar-refractivity contribution < 1.29 is 0 Å². The van der Waals surface area contributed by atoms with Crippen molar-refractivity contribution in [3.8, 4) is 62.4 Å². The van der Waals surface area contributed by atoms with E-state index in [1.165, 1.54) is 0 Å². The van der Waals surface area contributed by atoms with Gasteiger partial charge in [-0.3, -0.25) is 4.57 Å². The predicted octanol–water partition coefficient (Wildman–Crippen LogP) is 10.2. The highest BCUT2D eigenvalue weighted by Crippen LogP contribution is 2.43. The summed E-state index contributed by atoms with van der Waals surface area (Å²) < 4.78 is 2.05. The number of halogens is 2. The van der Waals surface area contributed by atoms with Crippen LogP contribution in [0.2, 0.25) is 10.0 Å². The summed E-state index contributed by atoms with van der Waals surface area (Å²) in [5.41, 5.74) is 8.03. The van der Waals surface area contributed by atoms with E-state index in [4.69, 9.17) is 33.2 Å². The Balaban J connectivity index is 1.60. The molecule has 0 fully saturated rings. The highest BCUT2D eigenvalue weighted by atomic mass is 35.5. The average molecular weight is 584 g/mol. The van der Waals surface area contributed by atoms with E-state index in [0.717, 1.165) is 45.0 Å². The lowest BCUT2D eigenvalue weighted by atomic mass is 10.0.